The average Bonchev–Trinajstić information content (AvgIpc) is 2.86. The maximum atomic E-state index is 4.63. The van der Waals surface area contributed by atoms with E-state index in [1.54, 1.807) is 11.3 Å². The summed E-state index contributed by atoms with van der Waals surface area (Å²) in [6, 6.07) is 2.09. The largest absolute Gasteiger partial charge is 0.357 e. The number of thiazole rings is 1. The quantitative estimate of drug-likeness (QED) is 0.843. The fourth-order valence-corrected chi connectivity index (χ4v) is 2.82. The number of aromatic nitrogens is 3. The highest BCUT2D eigenvalue weighted by Crippen LogP contribution is 2.21. The minimum atomic E-state index is 0.636. The highest BCUT2D eigenvalue weighted by molar-refractivity contribution is 7.13. The molecule has 0 radical (unpaired) electrons. The first-order chi connectivity index (χ1) is 10.2. The molecule has 0 unspecified atom stereocenters. The van der Waals surface area contributed by atoms with E-state index < -0.39 is 0 Å². The van der Waals surface area contributed by atoms with Gasteiger partial charge in [0.15, 0.2) is 5.13 Å². The Morgan fingerprint density at radius 1 is 1.14 bits per heavy atom. The summed E-state index contributed by atoms with van der Waals surface area (Å²) in [7, 11) is 0. The van der Waals surface area contributed by atoms with Crippen molar-refractivity contribution < 1.29 is 0 Å². The zero-order valence-corrected chi connectivity index (χ0v) is 14.0. The molecule has 21 heavy (non-hydrogen) atoms. The number of nitrogens with one attached hydrogen (secondary N) is 1. The lowest BCUT2D eigenvalue weighted by Gasteiger charge is -2.20. The highest BCUT2D eigenvalue weighted by Gasteiger charge is 2.10. The summed E-state index contributed by atoms with van der Waals surface area (Å²) in [5.74, 6) is 1.62. The first-order valence-corrected chi connectivity index (χ1v) is 8.36. The predicted molar refractivity (Wildman–Crippen MR) is 89.7 cm³/mol. The molecule has 0 saturated heterocycles. The fraction of sp³-hybridized carbons (Fsp3) is 0.533. The van der Waals surface area contributed by atoms with Crippen LogP contribution in [0.2, 0.25) is 0 Å². The van der Waals surface area contributed by atoms with Crippen LogP contribution in [0.25, 0.3) is 0 Å². The monoisotopic (exact) mass is 305 g/mol. The lowest BCUT2D eigenvalue weighted by atomic mass is 10.2. The van der Waals surface area contributed by atoms with Crippen LogP contribution in [-0.2, 0) is 6.42 Å². The number of nitrogens with zero attached hydrogens (tertiary/aromatic N) is 4. The second kappa shape index (κ2) is 7.36. The van der Waals surface area contributed by atoms with E-state index in [4.69, 9.17) is 0 Å². The zero-order valence-electron chi connectivity index (χ0n) is 13.2. The summed E-state index contributed by atoms with van der Waals surface area (Å²) in [5.41, 5.74) is 2.08. The van der Waals surface area contributed by atoms with Gasteiger partial charge < -0.3 is 4.90 Å². The van der Waals surface area contributed by atoms with Gasteiger partial charge in [0.1, 0.15) is 5.82 Å². The molecule has 0 aliphatic carbocycles. The summed E-state index contributed by atoms with van der Waals surface area (Å²) in [4.78, 5) is 15.9. The van der Waals surface area contributed by atoms with Crippen LogP contribution in [0.15, 0.2) is 11.4 Å². The number of rotatable bonds is 7. The Bertz CT molecular complexity index is 577. The molecule has 1 N–H and O–H groups in total. The van der Waals surface area contributed by atoms with Gasteiger partial charge in [-0.2, -0.15) is 4.98 Å². The second-order valence-corrected chi connectivity index (χ2v) is 5.74. The Labute approximate surface area is 130 Å². The lowest BCUT2D eigenvalue weighted by Crippen LogP contribution is -2.23. The van der Waals surface area contributed by atoms with Gasteiger partial charge >= 0.3 is 0 Å². The normalized spacial score (nSPS) is 10.7. The van der Waals surface area contributed by atoms with Crippen LogP contribution in [0.5, 0.6) is 0 Å². The molecule has 2 aromatic heterocycles. The molecule has 0 saturated carbocycles. The first kappa shape index (κ1) is 15.7. The summed E-state index contributed by atoms with van der Waals surface area (Å²) in [6.45, 7) is 10.3. The van der Waals surface area contributed by atoms with Crippen LogP contribution < -0.4 is 10.2 Å². The van der Waals surface area contributed by atoms with Crippen LogP contribution in [0.1, 0.15) is 38.6 Å². The van der Waals surface area contributed by atoms with E-state index in [-0.39, 0.29) is 0 Å². The van der Waals surface area contributed by atoms with Gasteiger partial charge in [-0.1, -0.05) is 13.3 Å². The zero-order chi connectivity index (χ0) is 15.2. The highest BCUT2D eigenvalue weighted by atomic mass is 32.1. The van der Waals surface area contributed by atoms with E-state index in [2.05, 4.69) is 52.0 Å². The molecular weight excluding hydrogens is 282 g/mol. The molecule has 5 nitrogen and oxygen atoms in total. The summed E-state index contributed by atoms with van der Waals surface area (Å²) < 4.78 is 0. The molecular formula is C15H23N5S. The smallest absolute Gasteiger partial charge is 0.231 e. The molecule has 2 heterocycles. The van der Waals surface area contributed by atoms with Crippen molar-refractivity contribution in [3.8, 4) is 0 Å². The van der Waals surface area contributed by atoms with E-state index in [1.807, 2.05) is 12.3 Å². The fourth-order valence-electron chi connectivity index (χ4n) is 2.14. The van der Waals surface area contributed by atoms with Crippen molar-refractivity contribution in [1.82, 2.24) is 15.0 Å². The first-order valence-electron chi connectivity index (χ1n) is 7.48. The van der Waals surface area contributed by atoms with Crippen molar-refractivity contribution in [2.24, 2.45) is 0 Å². The van der Waals surface area contributed by atoms with E-state index in [0.29, 0.717) is 5.95 Å². The topological polar surface area (TPSA) is 53.9 Å². The molecule has 0 bridgehead atoms. The van der Waals surface area contributed by atoms with Crippen LogP contribution in [-0.4, -0.2) is 28.0 Å². The lowest BCUT2D eigenvalue weighted by molar-refractivity contribution is 0.824. The van der Waals surface area contributed by atoms with Crippen molar-refractivity contribution in [2.45, 2.75) is 40.5 Å². The second-order valence-electron chi connectivity index (χ2n) is 4.88. The summed E-state index contributed by atoms with van der Waals surface area (Å²) >= 11 is 1.57. The average molecular weight is 305 g/mol. The minimum Gasteiger partial charge on any atom is -0.357 e. The third-order valence-electron chi connectivity index (χ3n) is 3.20. The molecule has 2 aromatic rings. The van der Waals surface area contributed by atoms with Gasteiger partial charge in [-0.3, -0.25) is 5.32 Å². The molecule has 0 atom stereocenters. The number of anilines is 3. The van der Waals surface area contributed by atoms with E-state index in [0.717, 1.165) is 48.3 Å². The Kier molecular flexibility index (Phi) is 5.50. The van der Waals surface area contributed by atoms with Gasteiger partial charge in [-0.25, -0.2) is 9.97 Å². The van der Waals surface area contributed by atoms with Crippen molar-refractivity contribution in [2.75, 3.05) is 23.3 Å². The summed E-state index contributed by atoms with van der Waals surface area (Å²) in [6.07, 6.45) is 2.03. The molecule has 2 rings (SSSR count). The Morgan fingerprint density at radius 3 is 2.48 bits per heavy atom. The Hall–Kier alpha value is -1.69. The van der Waals surface area contributed by atoms with Gasteiger partial charge in [0.25, 0.3) is 0 Å². The van der Waals surface area contributed by atoms with Crippen LogP contribution in [0, 0.1) is 6.92 Å². The molecule has 0 aliphatic heterocycles. The minimum absolute atomic E-state index is 0.636. The van der Waals surface area contributed by atoms with Crippen molar-refractivity contribution in [1.29, 1.82) is 0 Å². The van der Waals surface area contributed by atoms with E-state index >= 15 is 0 Å². The van der Waals surface area contributed by atoms with E-state index in [9.17, 15) is 0 Å². The predicted octanol–water partition coefficient (Wildman–Crippen LogP) is 3.78. The van der Waals surface area contributed by atoms with Crippen molar-refractivity contribution >= 4 is 28.2 Å². The van der Waals surface area contributed by atoms with E-state index in [1.165, 1.54) is 0 Å². The maximum Gasteiger partial charge on any atom is 0.231 e. The van der Waals surface area contributed by atoms with Gasteiger partial charge in [-0.15, -0.1) is 11.3 Å². The SMILES string of the molecule is CCCc1cc(N(CC)CC)nc(Nc2nc(C)cs2)n1. The van der Waals surface area contributed by atoms with Crippen LogP contribution in [0.3, 0.4) is 0 Å². The third-order valence-corrected chi connectivity index (χ3v) is 4.07. The number of aryl methyl sites for hydroxylation is 2. The number of hydrogen-bond acceptors (Lipinski definition) is 6. The standard InChI is InChI=1S/C15H23N5S/c1-5-8-12-9-13(20(6-2)7-3)18-14(17-12)19-15-16-11(4)10-21-15/h9-10H,5-8H2,1-4H3,(H,16,17,18,19). The number of hydrogen-bond donors (Lipinski definition) is 1. The molecule has 0 spiro atoms. The summed E-state index contributed by atoms with van der Waals surface area (Å²) in [5, 5.41) is 6.08. The molecule has 6 heteroatoms. The van der Waals surface area contributed by atoms with Gasteiger partial charge in [0, 0.05) is 30.2 Å². The molecule has 0 amide bonds. The molecule has 0 aliphatic rings. The van der Waals surface area contributed by atoms with Crippen molar-refractivity contribution in [3.05, 3.63) is 22.8 Å². The van der Waals surface area contributed by atoms with Crippen LogP contribution >= 0.6 is 11.3 Å². The Balaban J connectivity index is 2.30. The molecule has 0 aromatic carbocycles. The van der Waals surface area contributed by atoms with Gasteiger partial charge in [0.2, 0.25) is 5.95 Å². The van der Waals surface area contributed by atoms with Gasteiger partial charge in [0.05, 0.1) is 5.69 Å². The molecule has 114 valence electrons. The Morgan fingerprint density at radius 2 is 1.90 bits per heavy atom. The van der Waals surface area contributed by atoms with Gasteiger partial charge in [-0.05, 0) is 27.2 Å². The van der Waals surface area contributed by atoms with Crippen molar-refractivity contribution in [3.63, 3.8) is 0 Å². The third kappa shape index (κ3) is 4.14. The maximum absolute atomic E-state index is 4.63. The molecule has 0 fully saturated rings. The van der Waals surface area contributed by atoms with Crippen LogP contribution in [0.4, 0.5) is 16.9 Å².